The Kier molecular flexibility index (Phi) is 8.39. The fourth-order valence-electron chi connectivity index (χ4n) is 6.58. The van der Waals surface area contributed by atoms with Gasteiger partial charge in [0.25, 0.3) is 0 Å². The Balaban J connectivity index is 1.30. The highest BCUT2D eigenvalue weighted by Crippen LogP contribution is 2.44. The van der Waals surface area contributed by atoms with Gasteiger partial charge in [0, 0.05) is 16.9 Å². The monoisotopic (exact) mass is 625 g/mol. The standard InChI is InChI=1S/C48H35N/c1-5-15-36(16-6-1)39-27-30-45(31-28-39)49(46-26-14-25-43(34-46)38-19-9-3-10-20-38)48-32-29-44(35-47(48)40-21-11-4-12-22-40)42-24-13-23-41(33-42)37-17-7-2-8-18-37/h1-35H. The van der Waals surface area contributed by atoms with Crippen molar-refractivity contribution in [2.45, 2.75) is 0 Å². The van der Waals surface area contributed by atoms with Crippen LogP contribution in [-0.4, -0.2) is 0 Å². The van der Waals surface area contributed by atoms with Crippen LogP contribution in [0.3, 0.4) is 0 Å². The summed E-state index contributed by atoms with van der Waals surface area (Å²) in [5, 5.41) is 0. The van der Waals surface area contributed by atoms with Crippen LogP contribution in [-0.2, 0) is 0 Å². The van der Waals surface area contributed by atoms with E-state index in [1.54, 1.807) is 0 Å². The first-order valence-electron chi connectivity index (χ1n) is 16.8. The van der Waals surface area contributed by atoms with Crippen LogP contribution >= 0.6 is 0 Å². The summed E-state index contributed by atoms with van der Waals surface area (Å²) in [6.45, 7) is 0. The maximum absolute atomic E-state index is 2.40. The number of hydrogen-bond acceptors (Lipinski definition) is 1. The summed E-state index contributed by atoms with van der Waals surface area (Å²) in [6, 6.07) is 76.0. The number of benzene rings is 8. The molecule has 49 heavy (non-hydrogen) atoms. The summed E-state index contributed by atoms with van der Waals surface area (Å²) in [5.41, 5.74) is 15.2. The van der Waals surface area contributed by atoms with Gasteiger partial charge in [-0.3, -0.25) is 0 Å². The van der Waals surface area contributed by atoms with E-state index in [9.17, 15) is 0 Å². The van der Waals surface area contributed by atoms with Gasteiger partial charge in [0.1, 0.15) is 0 Å². The van der Waals surface area contributed by atoms with Crippen LogP contribution in [0.4, 0.5) is 17.1 Å². The molecule has 0 amide bonds. The summed E-state index contributed by atoms with van der Waals surface area (Å²) in [6.07, 6.45) is 0. The van der Waals surface area contributed by atoms with Crippen LogP contribution in [0, 0.1) is 0 Å². The molecule has 0 aliphatic heterocycles. The zero-order valence-corrected chi connectivity index (χ0v) is 27.2. The predicted molar refractivity (Wildman–Crippen MR) is 208 cm³/mol. The Hall–Kier alpha value is -6.44. The number of nitrogens with zero attached hydrogens (tertiary/aromatic N) is 1. The molecule has 1 heteroatoms. The molecule has 0 bridgehead atoms. The first-order valence-corrected chi connectivity index (χ1v) is 16.8. The Bertz CT molecular complexity index is 2290. The highest BCUT2D eigenvalue weighted by atomic mass is 15.1. The molecule has 0 atom stereocenters. The van der Waals surface area contributed by atoms with Crippen molar-refractivity contribution in [3.05, 3.63) is 212 Å². The predicted octanol–water partition coefficient (Wildman–Crippen LogP) is 13.5. The molecule has 0 spiro atoms. The van der Waals surface area contributed by atoms with E-state index in [2.05, 4.69) is 217 Å². The third-order valence-corrected chi connectivity index (χ3v) is 9.07. The highest BCUT2D eigenvalue weighted by molar-refractivity contribution is 5.92. The lowest BCUT2D eigenvalue weighted by Gasteiger charge is -2.29. The second-order valence-electron chi connectivity index (χ2n) is 12.2. The zero-order chi connectivity index (χ0) is 32.8. The molecule has 0 fully saturated rings. The number of anilines is 3. The van der Waals surface area contributed by atoms with Gasteiger partial charge in [-0.25, -0.2) is 0 Å². The van der Waals surface area contributed by atoms with E-state index >= 15 is 0 Å². The Morgan fingerprint density at radius 1 is 0.224 bits per heavy atom. The van der Waals surface area contributed by atoms with Crippen molar-refractivity contribution >= 4 is 17.1 Å². The average molecular weight is 626 g/mol. The van der Waals surface area contributed by atoms with Gasteiger partial charge in [0.05, 0.1) is 5.69 Å². The van der Waals surface area contributed by atoms with Crippen molar-refractivity contribution in [2.24, 2.45) is 0 Å². The van der Waals surface area contributed by atoms with Gasteiger partial charge >= 0.3 is 0 Å². The van der Waals surface area contributed by atoms with Crippen molar-refractivity contribution in [2.75, 3.05) is 4.90 Å². The topological polar surface area (TPSA) is 3.24 Å². The Morgan fingerprint density at radius 2 is 0.612 bits per heavy atom. The molecule has 8 aromatic carbocycles. The lowest BCUT2D eigenvalue weighted by molar-refractivity contribution is 1.28. The Morgan fingerprint density at radius 3 is 1.18 bits per heavy atom. The summed E-state index contributed by atoms with van der Waals surface area (Å²) in [4.78, 5) is 2.40. The molecule has 0 aromatic heterocycles. The van der Waals surface area contributed by atoms with Crippen molar-refractivity contribution < 1.29 is 0 Å². The van der Waals surface area contributed by atoms with E-state index in [-0.39, 0.29) is 0 Å². The summed E-state index contributed by atoms with van der Waals surface area (Å²) < 4.78 is 0. The molecule has 0 saturated heterocycles. The maximum Gasteiger partial charge on any atom is 0.0540 e. The van der Waals surface area contributed by atoms with Crippen LogP contribution in [0.2, 0.25) is 0 Å². The van der Waals surface area contributed by atoms with E-state index in [1.807, 2.05) is 0 Å². The molecule has 232 valence electrons. The van der Waals surface area contributed by atoms with Gasteiger partial charge in [-0.15, -0.1) is 0 Å². The first-order chi connectivity index (χ1) is 24.3. The summed E-state index contributed by atoms with van der Waals surface area (Å²) in [7, 11) is 0. The minimum absolute atomic E-state index is 1.10. The maximum atomic E-state index is 2.40. The van der Waals surface area contributed by atoms with Crippen LogP contribution in [0.1, 0.15) is 0 Å². The molecule has 0 heterocycles. The Labute approximate surface area is 289 Å². The van der Waals surface area contributed by atoms with Gasteiger partial charge in [-0.2, -0.15) is 0 Å². The van der Waals surface area contributed by atoms with Crippen molar-refractivity contribution in [3.63, 3.8) is 0 Å². The number of rotatable bonds is 8. The fourth-order valence-corrected chi connectivity index (χ4v) is 6.58. The van der Waals surface area contributed by atoms with E-state index in [0.717, 1.165) is 17.1 Å². The van der Waals surface area contributed by atoms with Crippen molar-refractivity contribution in [1.29, 1.82) is 0 Å². The quantitative estimate of drug-likeness (QED) is 0.162. The molecular weight excluding hydrogens is 591 g/mol. The van der Waals surface area contributed by atoms with Gasteiger partial charge in [-0.1, -0.05) is 170 Å². The number of hydrogen-bond donors (Lipinski definition) is 0. The minimum atomic E-state index is 1.10. The lowest BCUT2D eigenvalue weighted by Crippen LogP contribution is -2.11. The van der Waals surface area contributed by atoms with Gasteiger partial charge in [-0.05, 0) is 92.5 Å². The van der Waals surface area contributed by atoms with E-state index < -0.39 is 0 Å². The normalized spacial score (nSPS) is 10.9. The zero-order valence-electron chi connectivity index (χ0n) is 27.2. The van der Waals surface area contributed by atoms with Crippen LogP contribution in [0.15, 0.2) is 212 Å². The fraction of sp³-hybridized carbons (Fsp3) is 0. The molecule has 0 aliphatic carbocycles. The third-order valence-electron chi connectivity index (χ3n) is 9.07. The van der Waals surface area contributed by atoms with Crippen molar-refractivity contribution in [1.82, 2.24) is 0 Å². The van der Waals surface area contributed by atoms with E-state index in [1.165, 1.54) is 55.6 Å². The summed E-state index contributed by atoms with van der Waals surface area (Å²) in [5.74, 6) is 0. The molecule has 0 saturated carbocycles. The molecule has 1 nitrogen and oxygen atoms in total. The lowest BCUT2D eigenvalue weighted by atomic mass is 9.94. The van der Waals surface area contributed by atoms with E-state index in [4.69, 9.17) is 0 Å². The minimum Gasteiger partial charge on any atom is -0.310 e. The van der Waals surface area contributed by atoms with E-state index in [0.29, 0.717) is 0 Å². The first kappa shape index (κ1) is 29.9. The van der Waals surface area contributed by atoms with Crippen molar-refractivity contribution in [3.8, 4) is 55.6 Å². The van der Waals surface area contributed by atoms with Gasteiger partial charge in [0.15, 0.2) is 0 Å². The second-order valence-corrected chi connectivity index (χ2v) is 12.2. The molecule has 8 rings (SSSR count). The highest BCUT2D eigenvalue weighted by Gasteiger charge is 2.19. The second kappa shape index (κ2) is 13.7. The summed E-state index contributed by atoms with van der Waals surface area (Å²) >= 11 is 0. The molecule has 0 N–H and O–H groups in total. The van der Waals surface area contributed by atoms with Gasteiger partial charge < -0.3 is 4.90 Å². The molecule has 8 aromatic rings. The molecular formula is C48H35N. The van der Waals surface area contributed by atoms with Gasteiger partial charge in [0.2, 0.25) is 0 Å². The third kappa shape index (κ3) is 6.43. The average Bonchev–Trinajstić information content (AvgIpc) is 3.20. The smallest absolute Gasteiger partial charge is 0.0540 e. The molecule has 0 radical (unpaired) electrons. The SMILES string of the molecule is c1ccc(-c2ccc(N(c3cccc(-c4ccccc4)c3)c3ccc(-c4cccc(-c5ccccc5)c4)cc3-c3ccccc3)cc2)cc1. The van der Waals surface area contributed by atoms with Crippen LogP contribution in [0.5, 0.6) is 0 Å². The van der Waals surface area contributed by atoms with Crippen LogP contribution in [0.25, 0.3) is 55.6 Å². The van der Waals surface area contributed by atoms with Crippen LogP contribution < -0.4 is 4.90 Å². The molecule has 0 aliphatic rings. The molecule has 0 unspecified atom stereocenters. The largest absolute Gasteiger partial charge is 0.310 e.